The average molecular weight is 381 g/mol. The molecule has 1 heterocycles. The standard InChI is InChI=1S/C21H23N3O4/c1-4-27-21(26)24-17-10-7-9-16(13(17)2)23-20(25)22-14(3)19-12-15-8-5-6-11-18(15)28-19/h5-12,14H,4H2,1-3H3,(H,24,26)(H2,22,23,25). The number of hydrogen-bond donors (Lipinski definition) is 3. The van der Waals surface area contributed by atoms with Crippen LogP contribution in [0.2, 0.25) is 0 Å². The topological polar surface area (TPSA) is 92.6 Å². The van der Waals surface area contributed by atoms with Crippen molar-refractivity contribution < 1.29 is 18.7 Å². The number of carbonyl (C=O) groups excluding carboxylic acids is 2. The van der Waals surface area contributed by atoms with Crippen LogP contribution in [0.25, 0.3) is 11.0 Å². The Morgan fingerprint density at radius 2 is 1.79 bits per heavy atom. The molecule has 0 aliphatic rings. The maximum Gasteiger partial charge on any atom is 0.411 e. The molecule has 7 heteroatoms. The third-order valence-corrected chi connectivity index (χ3v) is 4.31. The van der Waals surface area contributed by atoms with Gasteiger partial charge >= 0.3 is 12.1 Å². The minimum absolute atomic E-state index is 0.283. The summed E-state index contributed by atoms with van der Waals surface area (Å²) in [5.74, 6) is 0.672. The molecule has 0 bridgehead atoms. The Bertz CT molecular complexity index is 963. The summed E-state index contributed by atoms with van der Waals surface area (Å²) in [5, 5.41) is 9.31. The number of fused-ring (bicyclic) bond motifs is 1. The fourth-order valence-electron chi connectivity index (χ4n) is 2.83. The smallest absolute Gasteiger partial charge is 0.411 e. The van der Waals surface area contributed by atoms with Crippen LogP contribution in [0, 0.1) is 6.92 Å². The third-order valence-electron chi connectivity index (χ3n) is 4.31. The molecule has 3 amide bonds. The van der Waals surface area contributed by atoms with Gasteiger partial charge in [-0.2, -0.15) is 0 Å². The Balaban J connectivity index is 1.66. The van der Waals surface area contributed by atoms with Crippen LogP contribution in [0.5, 0.6) is 0 Å². The van der Waals surface area contributed by atoms with E-state index in [4.69, 9.17) is 9.15 Å². The minimum atomic E-state index is -0.536. The van der Waals surface area contributed by atoms with E-state index in [1.54, 1.807) is 32.0 Å². The van der Waals surface area contributed by atoms with Gasteiger partial charge in [0.15, 0.2) is 0 Å². The summed E-state index contributed by atoms with van der Waals surface area (Å²) in [5.41, 5.74) is 2.66. The van der Waals surface area contributed by atoms with Crippen LogP contribution in [-0.4, -0.2) is 18.7 Å². The molecule has 1 atom stereocenters. The van der Waals surface area contributed by atoms with Gasteiger partial charge in [0.2, 0.25) is 0 Å². The second-order valence-electron chi connectivity index (χ2n) is 6.33. The molecule has 3 N–H and O–H groups in total. The van der Waals surface area contributed by atoms with Crippen molar-refractivity contribution in [3.05, 3.63) is 59.9 Å². The Kier molecular flexibility index (Phi) is 5.84. The van der Waals surface area contributed by atoms with Gasteiger partial charge in [-0.3, -0.25) is 5.32 Å². The van der Waals surface area contributed by atoms with Crippen LogP contribution in [0.3, 0.4) is 0 Å². The first-order valence-electron chi connectivity index (χ1n) is 9.07. The summed E-state index contributed by atoms with van der Waals surface area (Å²) < 4.78 is 10.7. The molecule has 0 fully saturated rings. The first-order valence-corrected chi connectivity index (χ1v) is 9.07. The zero-order valence-electron chi connectivity index (χ0n) is 16.0. The number of carbonyl (C=O) groups is 2. The number of hydrogen-bond acceptors (Lipinski definition) is 4. The van der Waals surface area contributed by atoms with Crippen LogP contribution < -0.4 is 16.0 Å². The molecular formula is C21H23N3O4. The number of rotatable bonds is 5. The van der Waals surface area contributed by atoms with E-state index < -0.39 is 6.09 Å². The Morgan fingerprint density at radius 3 is 2.50 bits per heavy atom. The number of para-hydroxylation sites is 1. The third kappa shape index (κ3) is 4.43. The quantitative estimate of drug-likeness (QED) is 0.567. The van der Waals surface area contributed by atoms with E-state index in [0.29, 0.717) is 17.1 Å². The molecule has 0 radical (unpaired) electrons. The van der Waals surface area contributed by atoms with Crippen molar-refractivity contribution in [1.82, 2.24) is 5.32 Å². The summed E-state index contributed by atoms with van der Waals surface area (Å²) in [6.45, 7) is 5.67. The number of amides is 3. The van der Waals surface area contributed by atoms with Gasteiger partial charge in [0, 0.05) is 16.8 Å². The van der Waals surface area contributed by atoms with Gasteiger partial charge in [0.05, 0.1) is 12.6 Å². The van der Waals surface area contributed by atoms with Crippen LogP contribution in [0.15, 0.2) is 52.9 Å². The predicted octanol–water partition coefficient (Wildman–Crippen LogP) is 5.19. The lowest BCUT2D eigenvalue weighted by atomic mass is 10.1. The molecule has 146 valence electrons. The zero-order valence-corrected chi connectivity index (χ0v) is 16.0. The molecule has 0 aliphatic carbocycles. The molecule has 0 saturated heterocycles. The average Bonchev–Trinajstić information content (AvgIpc) is 3.09. The lowest BCUT2D eigenvalue weighted by Gasteiger charge is -2.16. The molecule has 28 heavy (non-hydrogen) atoms. The first-order chi connectivity index (χ1) is 13.5. The normalized spacial score (nSPS) is 11.7. The number of benzene rings is 2. The maximum atomic E-state index is 12.4. The van der Waals surface area contributed by atoms with Crippen LogP contribution in [0.4, 0.5) is 21.0 Å². The van der Waals surface area contributed by atoms with Gasteiger partial charge in [0.1, 0.15) is 11.3 Å². The summed E-state index contributed by atoms with van der Waals surface area (Å²) in [6.07, 6.45) is -0.536. The number of furan rings is 1. The van der Waals surface area contributed by atoms with Crippen molar-refractivity contribution in [3.63, 3.8) is 0 Å². The van der Waals surface area contributed by atoms with Crippen molar-refractivity contribution in [2.45, 2.75) is 26.8 Å². The second kappa shape index (κ2) is 8.47. The van der Waals surface area contributed by atoms with E-state index in [9.17, 15) is 9.59 Å². The molecular weight excluding hydrogens is 358 g/mol. The van der Waals surface area contributed by atoms with Crippen molar-refractivity contribution in [3.8, 4) is 0 Å². The van der Waals surface area contributed by atoms with E-state index in [0.717, 1.165) is 16.5 Å². The summed E-state index contributed by atoms with van der Waals surface area (Å²) >= 11 is 0. The van der Waals surface area contributed by atoms with Gasteiger partial charge < -0.3 is 19.8 Å². The second-order valence-corrected chi connectivity index (χ2v) is 6.33. The van der Waals surface area contributed by atoms with Gasteiger partial charge in [-0.05, 0) is 50.6 Å². The predicted molar refractivity (Wildman–Crippen MR) is 109 cm³/mol. The zero-order chi connectivity index (χ0) is 20.1. The lowest BCUT2D eigenvalue weighted by Crippen LogP contribution is -2.31. The summed E-state index contributed by atoms with van der Waals surface area (Å²) in [6, 6.07) is 14.2. The molecule has 0 saturated carbocycles. The van der Waals surface area contributed by atoms with Crippen molar-refractivity contribution in [2.75, 3.05) is 17.2 Å². The SMILES string of the molecule is CCOC(=O)Nc1cccc(NC(=O)NC(C)c2cc3ccccc3o2)c1C. The van der Waals surface area contributed by atoms with Crippen molar-refractivity contribution in [2.24, 2.45) is 0 Å². The van der Waals surface area contributed by atoms with Gasteiger partial charge in [-0.25, -0.2) is 9.59 Å². The molecule has 3 rings (SSSR count). The Hall–Kier alpha value is -3.48. The monoisotopic (exact) mass is 381 g/mol. The highest BCUT2D eigenvalue weighted by molar-refractivity contribution is 5.93. The molecule has 1 aromatic heterocycles. The first kappa shape index (κ1) is 19.3. The minimum Gasteiger partial charge on any atom is -0.459 e. The summed E-state index contributed by atoms with van der Waals surface area (Å²) in [4.78, 5) is 24.1. The van der Waals surface area contributed by atoms with Crippen LogP contribution in [0.1, 0.15) is 31.2 Å². The molecule has 0 spiro atoms. The largest absolute Gasteiger partial charge is 0.459 e. The number of ether oxygens (including phenoxy) is 1. The van der Waals surface area contributed by atoms with E-state index in [-0.39, 0.29) is 18.7 Å². The fraction of sp³-hybridized carbons (Fsp3) is 0.238. The number of nitrogens with one attached hydrogen (secondary N) is 3. The summed E-state index contributed by atoms with van der Waals surface area (Å²) in [7, 11) is 0. The number of anilines is 2. The van der Waals surface area contributed by atoms with E-state index in [2.05, 4.69) is 16.0 Å². The number of urea groups is 1. The fourth-order valence-corrected chi connectivity index (χ4v) is 2.83. The molecule has 7 nitrogen and oxygen atoms in total. The van der Waals surface area contributed by atoms with Crippen LogP contribution in [-0.2, 0) is 4.74 Å². The van der Waals surface area contributed by atoms with Crippen molar-refractivity contribution >= 4 is 34.5 Å². The lowest BCUT2D eigenvalue weighted by molar-refractivity contribution is 0.168. The molecule has 3 aromatic rings. The van der Waals surface area contributed by atoms with Crippen LogP contribution >= 0.6 is 0 Å². The van der Waals surface area contributed by atoms with Gasteiger partial charge in [-0.1, -0.05) is 24.3 Å². The highest BCUT2D eigenvalue weighted by atomic mass is 16.5. The van der Waals surface area contributed by atoms with E-state index in [1.165, 1.54) is 0 Å². The Labute approximate surface area is 163 Å². The Morgan fingerprint density at radius 1 is 1.07 bits per heavy atom. The van der Waals surface area contributed by atoms with Crippen molar-refractivity contribution in [1.29, 1.82) is 0 Å². The van der Waals surface area contributed by atoms with Gasteiger partial charge in [-0.15, -0.1) is 0 Å². The maximum absolute atomic E-state index is 12.4. The highest BCUT2D eigenvalue weighted by Crippen LogP contribution is 2.25. The molecule has 1 unspecified atom stereocenters. The van der Waals surface area contributed by atoms with E-state index >= 15 is 0 Å². The highest BCUT2D eigenvalue weighted by Gasteiger charge is 2.15. The molecule has 0 aliphatic heterocycles. The molecule has 2 aromatic carbocycles. The van der Waals surface area contributed by atoms with Gasteiger partial charge in [0.25, 0.3) is 0 Å². The van der Waals surface area contributed by atoms with E-state index in [1.807, 2.05) is 37.3 Å².